The van der Waals surface area contributed by atoms with E-state index < -0.39 is 11.7 Å². The lowest BCUT2D eigenvalue weighted by Gasteiger charge is -2.19. The normalized spacial score (nSPS) is 11.0. The summed E-state index contributed by atoms with van der Waals surface area (Å²) in [7, 11) is 0. The number of benzene rings is 1. The first-order valence-electron chi connectivity index (χ1n) is 7.71. The molecule has 0 radical (unpaired) electrons. The van der Waals surface area contributed by atoms with Gasteiger partial charge in [0.15, 0.2) is 0 Å². The van der Waals surface area contributed by atoms with E-state index in [0.29, 0.717) is 15.6 Å². The summed E-state index contributed by atoms with van der Waals surface area (Å²) in [6.45, 7) is 5.87. The Labute approximate surface area is 155 Å². The van der Waals surface area contributed by atoms with Gasteiger partial charge in [-0.3, -0.25) is 4.79 Å². The molecule has 0 bridgehead atoms. The molecule has 1 aromatic carbocycles. The first-order chi connectivity index (χ1) is 11.8. The van der Waals surface area contributed by atoms with Gasteiger partial charge in [-0.15, -0.1) is 11.3 Å². The topological polar surface area (TPSA) is 80.3 Å². The number of ether oxygens (including phenoxy) is 1. The smallest absolute Gasteiger partial charge is 0.407 e. The number of halogens is 1. The standard InChI is InChI=1S/C17H20ClN3O3S/c1-17(2,3)24-16(23)20-9-8-19-15(22)13-14(25-10-21-13)11-6-4-5-7-12(11)18/h4-7,10H,8-9H2,1-3H3,(H,19,22)(H,20,23). The second-order valence-electron chi connectivity index (χ2n) is 6.19. The number of nitrogens with zero attached hydrogens (tertiary/aromatic N) is 1. The van der Waals surface area contributed by atoms with Crippen LogP contribution >= 0.6 is 22.9 Å². The highest BCUT2D eigenvalue weighted by molar-refractivity contribution is 7.13. The van der Waals surface area contributed by atoms with Gasteiger partial charge in [0, 0.05) is 23.7 Å². The van der Waals surface area contributed by atoms with Crippen molar-refractivity contribution < 1.29 is 14.3 Å². The van der Waals surface area contributed by atoms with Crippen molar-refractivity contribution in [2.45, 2.75) is 26.4 Å². The zero-order valence-corrected chi connectivity index (χ0v) is 15.8. The van der Waals surface area contributed by atoms with Crippen molar-refractivity contribution in [1.82, 2.24) is 15.6 Å². The van der Waals surface area contributed by atoms with Gasteiger partial charge in [0.25, 0.3) is 5.91 Å². The van der Waals surface area contributed by atoms with Crippen LogP contribution < -0.4 is 10.6 Å². The molecule has 0 fully saturated rings. The Bertz CT molecular complexity index is 756. The molecule has 134 valence electrons. The molecule has 0 unspecified atom stereocenters. The van der Waals surface area contributed by atoms with Crippen LogP contribution in [0.15, 0.2) is 29.8 Å². The van der Waals surface area contributed by atoms with Crippen molar-refractivity contribution in [3.8, 4) is 10.4 Å². The molecule has 0 saturated heterocycles. The molecular weight excluding hydrogens is 362 g/mol. The summed E-state index contributed by atoms with van der Waals surface area (Å²) < 4.78 is 5.12. The fourth-order valence-electron chi connectivity index (χ4n) is 1.98. The van der Waals surface area contributed by atoms with Gasteiger partial charge in [-0.25, -0.2) is 9.78 Å². The third-order valence-electron chi connectivity index (χ3n) is 2.98. The number of amides is 2. The molecule has 1 aromatic heterocycles. The molecule has 0 spiro atoms. The van der Waals surface area contributed by atoms with E-state index in [-0.39, 0.29) is 19.0 Å². The highest BCUT2D eigenvalue weighted by Gasteiger charge is 2.18. The van der Waals surface area contributed by atoms with Crippen molar-refractivity contribution in [3.63, 3.8) is 0 Å². The van der Waals surface area contributed by atoms with Gasteiger partial charge in [-0.2, -0.15) is 0 Å². The van der Waals surface area contributed by atoms with Gasteiger partial charge in [0.2, 0.25) is 0 Å². The van der Waals surface area contributed by atoms with Crippen LogP contribution in [-0.2, 0) is 4.74 Å². The van der Waals surface area contributed by atoms with Crippen LogP contribution in [0.4, 0.5) is 4.79 Å². The highest BCUT2D eigenvalue weighted by atomic mass is 35.5. The molecule has 0 atom stereocenters. The van der Waals surface area contributed by atoms with Gasteiger partial charge >= 0.3 is 6.09 Å². The van der Waals surface area contributed by atoms with E-state index in [0.717, 1.165) is 5.56 Å². The lowest BCUT2D eigenvalue weighted by molar-refractivity contribution is 0.0526. The quantitative estimate of drug-likeness (QED) is 0.773. The molecule has 2 amide bonds. The monoisotopic (exact) mass is 381 g/mol. The number of carbonyl (C=O) groups excluding carboxylic acids is 2. The molecule has 8 heteroatoms. The van der Waals surface area contributed by atoms with Crippen LogP contribution in [0.3, 0.4) is 0 Å². The second-order valence-corrected chi connectivity index (χ2v) is 7.46. The molecule has 0 aliphatic rings. The number of thiazole rings is 1. The second kappa shape index (κ2) is 8.31. The van der Waals surface area contributed by atoms with E-state index in [1.54, 1.807) is 32.3 Å². The van der Waals surface area contributed by atoms with E-state index in [2.05, 4.69) is 15.6 Å². The van der Waals surface area contributed by atoms with E-state index in [9.17, 15) is 9.59 Å². The predicted molar refractivity (Wildman–Crippen MR) is 99.1 cm³/mol. The Kier molecular flexibility index (Phi) is 6.39. The Morgan fingerprint density at radius 2 is 1.88 bits per heavy atom. The zero-order chi connectivity index (χ0) is 18.4. The van der Waals surface area contributed by atoms with Gasteiger partial charge in [-0.1, -0.05) is 29.8 Å². The molecule has 2 rings (SSSR count). The molecular formula is C17H20ClN3O3S. The fourth-order valence-corrected chi connectivity index (χ4v) is 3.09. The van der Waals surface area contributed by atoms with Crippen LogP contribution in [-0.4, -0.2) is 35.7 Å². The van der Waals surface area contributed by atoms with Crippen molar-refractivity contribution in [1.29, 1.82) is 0 Å². The largest absolute Gasteiger partial charge is 0.444 e. The highest BCUT2D eigenvalue weighted by Crippen LogP contribution is 2.33. The van der Waals surface area contributed by atoms with E-state index in [1.807, 2.05) is 18.2 Å². The third kappa shape index (κ3) is 5.72. The fraction of sp³-hybridized carbons (Fsp3) is 0.353. The van der Waals surface area contributed by atoms with Crippen LogP contribution in [0.25, 0.3) is 10.4 Å². The van der Waals surface area contributed by atoms with Gasteiger partial charge in [-0.05, 0) is 26.8 Å². The van der Waals surface area contributed by atoms with E-state index in [4.69, 9.17) is 16.3 Å². The number of hydrogen-bond acceptors (Lipinski definition) is 5. The summed E-state index contributed by atoms with van der Waals surface area (Å²) in [5, 5.41) is 5.87. The van der Waals surface area contributed by atoms with Crippen LogP contribution in [0.1, 0.15) is 31.3 Å². The summed E-state index contributed by atoms with van der Waals surface area (Å²) in [5.74, 6) is -0.317. The average molecular weight is 382 g/mol. The number of alkyl carbamates (subject to hydrolysis) is 1. The molecule has 6 nitrogen and oxygen atoms in total. The van der Waals surface area contributed by atoms with Crippen LogP contribution in [0.5, 0.6) is 0 Å². The molecule has 1 heterocycles. The summed E-state index contributed by atoms with van der Waals surface area (Å²) in [6, 6.07) is 7.29. The summed E-state index contributed by atoms with van der Waals surface area (Å²) in [5.41, 5.74) is 2.13. The van der Waals surface area contributed by atoms with Gasteiger partial charge in [0.05, 0.1) is 10.4 Å². The third-order valence-corrected chi connectivity index (χ3v) is 4.17. The zero-order valence-electron chi connectivity index (χ0n) is 14.3. The van der Waals surface area contributed by atoms with E-state index >= 15 is 0 Å². The van der Waals surface area contributed by atoms with Gasteiger partial charge in [0.1, 0.15) is 11.3 Å². The summed E-state index contributed by atoms with van der Waals surface area (Å²) in [6.07, 6.45) is -0.521. The minimum absolute atomic E-state index is 0.256. The molecule has 0 saturated carbocycles. The Morgan fingerprint density at radius 3 is 2.56 bits per heavy atom. The minimum atomic E-state index is -0.558. The molecule has 25 heavy (non-hydrogen) atoms. The lowest BCUT2D eigenvalue weighted by atomic mass is 10.1. The maximum atomic E-state index is 12.3. The Morgan fingerprint density at radius 1 is 1.20 bits per heavy atom. The maximum Gasteiger partial charge on any atom is 0.407 e. The molecule has 0 aliphatic carbocycles. The number of aromatic nitrogens is 1. The molecule has 2 aromatic rings. The molecule has 2 N–H and O–H groups in total. The summed E-state index contributed by atoms with van der Waals surface area (Å²) in [4.78, 5) is 28.7. The first kappa shape index (κ1) is 19.2. The lowest BCUT2D eigenvalue weighted by Crippen LogP contribution is -2.38. The van der Waals surface area contributed by atoms with Crippen LogP contribution in [0, 0.1) is 0 Å². The Balaban J connectivity index is 1.90. The number of hydrogen-bond donors (Lipinski definition) is 2. The first-order valence-corrected chi connectivity index (χ1v) is 8.97. The van der Waals surface area contributed by atoms with Crippen molar-refractivity contribution in [2.24, 2.45) is 0 Å². The minimum Gasteiger partial charge on any atom is -0.444 e. The number of rotatable bonds is 5. The van der Waals surface area contributed by atoms with Crippen LogP contribution in [0.2, 0.25) is 5.02 Å². The van der Waals surface area contributed by atoms with Gasteiger partial charge < -0.3 is 15.4 Å². The van der Waals surface area contributed by atoms with Crippen molar-refractivity contribution in [2.75, 3.05) is 13.1 Å². The average Bonchev–Trinajstić information content (AvgIpc) is 2.99. The van der Waals surface area contributed by atoms with E-state index in [1.165, 1.54) is 11.3 Å². The predicted octanol–water partition coefficient (Wildman–Crippen LogP) is 3.72. The maximum absolute atomic E-state index is 12.3. The van der Waals surface area contributed by atoms with Crippen molar-refractivity contribution >= 4 is 34.9 Å². The SMILES string of the molecule is CC(C)(C)OC(=O)NCCNC(=O)c1ncsc1-c1ccccc1Cl. The summed E-state index contributed by atoms with van der Waals surface area (Å²) >= 11 is 7.54. The Hall–Kier alpha value is -2.12. The molecule has 0 aliphatic heterocycles. The number of carbonyl (C=O) groups is 2. The van der Waals surface area contributed by atoms with Crippen molar-refractivity contribution in [3.05, 3.63) is 40.5 Å². The number of nitrogens with one attached hydrogen (secondary N) is 2.